The van der Waals surface area contributed by atoms with Gasteiger partial charge in [0.15, 0.2) is 5.78 Å². The van der Waals surface area contributed by atoms with Gasteiger partial charge in [-0.25, -0.2) is 0 Å². The maximum absolute atomic E-state index is 12.0. The van der Waals surface area contributed by atoms with Gasteiger partial charge in [-0.2, -0.15) is 0 Å². The van der Waals surface area contributed by atoms with Crippen molar-refractivity contribution in [2.75, 3.05) is 0 Å². The van der Waals surface area contributed by atoms with Crippen molar-refractivity contribution in [1.29, 1.82) is 0 Å². The molecule has 0 bridgehead atoms. The van der Waals surface area contributed by atoms with Crippen molar-refractivity contribution in [3.63, 3.8) is 0 Å². The molecule has 0 radical (unpaired) electrons. The molecule has 0 saturated heterocycles. The Kier molecular flexibility index (Phi) is 2.65. The van der Waals surface area contributed by atoms with Crippen LogP contribution in [0.1, 0.15) is 52.4 Å². The number of fused-ring (bicyclic) bond motifs is 3. The molecule has 3 heteroatoms. The van der Waals surface area contributed by atoms with Gasteiger partial charge in [-0.05, 0) is 78.8 Å². The summed E-state index contributed by atoms with van der Waals surface area (Å²) in [6, 6.07) is 0. The summed E-state index contributed by atoms with van der Waals surface area (Å²) in [5, 5.41) is 11.1. The quantitative estimate of drug-likeness (QED) is 0.721. The first-order valence-corrected chi connectivity index (χ1v) is 9.53. The number of hydrogen-bond donors (Lipinski definition) is 1. The average molecular weight is 333 g/mol. The van der Waals surface area contributed by atoms with Crippen LogP contribution in [0.15, 0.2) is 22.8 Å². The lowest BCUT2D eigenvalue weighted by atomic mass is 9.46. The number of rotatable bonds is 0. The molecule has 0 aromatic heterocycles. The third-order valence-corrected chi connectivity index (χ3v) is 9.18. The monoisotopic (exact) mass is 332 g/mol. The van der Waals surface area contributed by atoms with E-state index in [1.807, 2.05) is 0 Å². The molecule has 0 aromatic rings. The molecule has 3 unspecified atom stereocenters. The van der Waals surface area contributed by atoms with Gasteiger partial charge in [-0.1, -0.05) is 31.5 Å². The Morgan fingerprint density at radius 2 is 2.04 bits per heavy atom. The van der Waals surface area contributed by atoms with Crippen LogP contribution in [-0.2, 0) is 4.79 Å². The number of aliphatic hydroxyl groups is 1. The topological polar surface area (TPSA) is 37.3 Å². The van der Waals surface area contributed by atoms with E-state index in [1.54, 1.807) is 6.08 Å². The summed E-state index contributed by atoms with van der Waals surface area (Å²) in [4.78, 5) is 12.0. The van der Waals surface area contributed by atoms with E-state index in [2.05, 4.69) is 19.9 Å². The maximum Gasteiger partial charge on any atom is 0.196 e. The molecule has 4 fully saturated rings. The van der Waals surface area contributed by atoms with Crippen LogP contribution in [0, 0.1) is 34.0 Å². The smallest absolute Gasteiger partial charge is 0.196 e. The maximum atomic E-state index is 12.0. The van der Waals surface area contributed by atoms with Crippen LogP contribution in [0.2, 0.25) is 0 Å². The van der Waals surface area contributed by atoms with E-state index in [-0.39, 0.29) is 22.7 Å². The van der Waals surface area contributed by atoms with Gasteiger partial charge < -0.3 is 5.11 Å². The van der Waals surface area contributed by atoms with Crippen LogP contribution in [0.4, 0.5) is 0 Å². The second-order valence-corrected chi connectivity index (χ2v) is 9.55. The lowest BCUT2D eigenvalue weighted by molar-refractivity contribution is -0.112. The molecule has 124 valence electrons. The summed E-state index contributed by atoms with van der Waals surface area (Å²) >= 11 is 6.41. The zero-order valence-corrected chi connectivity index (χ0v) is 14.7. The number of aliphatic hydroxyl groups excluding tert-OH is 1. The number of ketones is 1. The van der Waals surface area contributed by atoms with E-state index in [1.165, 1.54) is 12.0 Å². The van der Waals surface area contributed by atoms with Crippen LogP contribution in [0.25, 0.3) is 0 Å². The Hall–Kier alpha value is -0.600. The Morgan fingerprint density at radius 1 is 1.26 bits per heavy atom. The molecule has 0 aromatic carbocycles. The molecule has 1 N–H and O–H groups in total. The molecule has 5 aliphatic carbocycles. The fourth-order valence-corrected chi connectivity index (χ4v) is 7.85. The van der Waals surface area contributed by atoms with Crippen LogP contribution in [0.3, 0.4) is 0 Å². The summed E-state index contributed by atoms with van der Waals surface area (Å²) in [6.07, 6.45) is 10.4. The minimum atomic E-state index is -0.112. The Balaban J connectivity index is 1.60. The van der Waals surface area contributed by atoms with Crippen molar-refractivity contribution in [2.24, 2.45) is 34.0 Å². The molecule has 5 aliphatic rings. The average Bonchev–Trinajstić information content (AvgIpc) is 3.17. The van der Waals surface area contributed by atoms with Gasteiger partial charge in [0.25, 0.3) is 0 Å². The van der Waals surface area contributed by atoms with Crippen molar-refractivity contribution in [2.45, 2.75) is 58.5 Å². The number of allylic oxidation sites excluding steroid dienone is 4. The summed E-state index contributed by atoms with van der Waals surface area (Å²) in [5.41, 5.74) is 1.62. The van der Waals surface area contributed by atoms with Crippen LogP contribution in [-0.4, -0.2) is 17.0 Å². The molecule has 0 heterocycles. The zero-order valence-electron chi connectivity index (χ0n) is 13.9. The highest BCUT2D eigenvalue weighted by molar-refractivity contribution is 6.45. The molecular weight excluding hydrogens is 308 g/mol. The number of halogens is 1. The van der Waals surface area contributed by atoms with Crippen molar-refractivity contribution in [3.8, 4) is 0 Å². The minimum absolute atomic E-state index is 0.0167. The zero-order chi connectivity index (χ0) is 16.2. The SMILES string of the molecule is C[C@]12C=CC(=O)C(Cl)=C1CC[C@@H]1[C@@H]2CC[C@]2(C)C(O)CC3CC312. The fourth-order valence-electron chi connectivity index (χ4n) is 7.48. The van der Waals surface area contributed by atoms with Gasteiger partial charge in [0.1, 0.15) is 0 Å². The number of hydrogen-bond acceptors (Lipinski definition) is 2. The van der Waals surface area contributed by atoms with Gasteiger partial charge in [-0.15, -0.1) is 0 Å². The van der Waals surface area contributed by atoms with Gasteiger partial charge in [0.05, 0.1) is 11.1 Å². The molecule has 0 aliphatic heterocycles. The predicted molar refractivity (Wildman–Crippen MR) is 89.9 cm³/mol. The van der Waals surface area contributed by atoms with Crippen LogP contribution in [0.5, 0.6) is 0 Å². The predicted octanol–water partition coefficient (Wildman–Crippen LogP) is 4.22. The highest BCUT2D eigenvalue weighted by Gasteiger charge is 2.77. The molecule has 0 amide bonds. The molecule has 1 spiro atoms. The summed E-state index contributed by atoms with van der Waals surface area (Å²) in [7, 11) is 0. The van der Waals surface area contributed by atoms with E-state index in [0.29, 0.717) is 22.3 Å². The van der Waals surface area contributed by atoms with Crippen LogP contribution < -0.4 is 0 Å². The molecule has 23 heavy (non-hydrogen) atoms. The van der Waals surface area contributed by atoms with Gasteiger partial charge in [-0.3, -0.25) is 4.79 Å². The summed E-state index contributed by atoms with van der Waals surface area (Å²) in [5.74, 6) is 1.97. The number of carbonyl (C=O) groups excluding carboxylic acids is 1. The van der Waals surface area contributed by atoms with Crippen molar-refractivity contribution in [3.05, 3.63) is 22.8 Å². The Morgan fingerprint density at radius 3 is 2.83 bits per heavy atom. The first-order valence-electron chi connectivity index (χ1n) is 9.15. The Labute approximate surface area is 143 Å². The van der Waals surface area contributed by atoms with E-state index in [4.69, 9.17) is 11.6 Å². The van der Waals surface area contributed by atoms with E-state index >= 15 is 0 Å². The van der Waals surface area contributed by atoms with Gasteiger partial charge >= 0.3 is 0 Å². The lowest BCUT2D eigenvalue weighted by Crippen LogP contribution is -2.53. The molecule has 5 rings (SSSR count). The van der Waals surface area contributed by atoms with Gasteiger partial charge in [0.2, 0.25) is 0 Å². The molecule has 2 nitrogen and oxygen atoms in total. The second-order valence-electron chi connectivity index (χ2n) is 9.17. The second kappa shape index (κ2) is 4.14. The molecule has 4 saturated carbocycles. The number of carbonyl (C=O) groups is 1. The summed E-state index contributed by atoms with van der Waals surface area (Å²) < 4.78 is 0. The minimum Gasteiger partial charge on any atom is -0.393 e. The standard InChI is InChI=1S/C20H25ClO2/c1-18-7-6-15(22)17(21)14(18)4-3-13-12(18)5-8-19(2)16(23)9-11-10-20(11,13)19/h6-7,11-13,16,23H,3-5,8-10H2,1-2H3/t11?,12-,13+,16?,18+,19+,20?/m0/s1. The van der Waals surface area contributed by atoms with Gasteiger partial charge in [0, 0.05) is 5.41 Å². The van der Waals surface area contributed by atoms with Crippen molar-refractivity contribution in [1.82, 2.24) is 0 Å². The van der Waals surface area contributed by atoms with Crippen molar-refractivity contribution < 1.29 is 9.90 Å². The van der Waals surface area contributed by atoms with Crippen molar-refractivity contribution >= 4 is 17.4 Å². The normalized spacial score (nSPS) is 56.8. The highest BCUT2D eigenvalue weighted by atomic mass is 35.5. The third kappa shape index (κ3) is 1.46. The van der Waals surface area contributed by atoms with E-state index in [0.717, 1.165) is 38.0 Å². The Bertz CT molecular complexity index is 679. The highest BCUT2D eigenvalue weighted by Crippen LogP contribution is 2.82. The first-order chi connectivity index (χ1) is 10.8. The fraction of sp³-hybridized carbons (Fsp3) is 0.750. The summed E-state index contributed by atoms with van der Waals surface area (Å²) in [6.45, 7) is 4.65. The molecule has 7 atom stereocenters. The third-order valence-electron chi connectivity index (χ3n) is 8.77. The van der Waals surface area contributed by atoms with Crippen LogP contribution >= 0.6 is 11.6 Å². The molecular formula is C20H25ClO2. The van der Waals surface area contributed by atoms with E-state index in [9.17, 15) is 9.90 Å². The van der Waals surface area contributed by atoms with E-state index < -0.39 is 0 Å². The first kappa shape index (κ1) is 14.7. The largest absolute Gasteiger partial charge is 0.393 e. The lowest BCUT2D eigenvalue weighted by Gasteiger charge is -2.58.